The van der Waals surface area contributed by atoms with Crippen molar-refractivity contribution in [2.24, 2.45) is 11.5 Å². The molecule has 0 saturated carbocycles. The van der Waals surface area contributed by atoms with Crippen molar-refractivity contribution in [3.63, 3.8) is 0 Å². The van der Waals surface area contributed by atoms with Crippen molar-refractivity contribution < 1.29 is 0 Å². The summed E-state index contributed by atoms with van der Waals surface area (Å²) in [6, 6.07) is 0. The number of nitriles is 2. The fourth-order valence-electron chi connectivity index (χ4n) is 0. The van der Waals surface area contributed by atoms with E-state index in [9.17, 15) is 0 Å². The van der Waals surface area contributed by atoms with E-state index in [1.807, 2.05) is 0 Å². The van der Waals surface area contributed by atoms with Crippen molar-refractivity contribution in [3.8, 4) is 12.4 Å². The third-order valence-electron chi connectivity index (χ3n) is 0. The number of hydrogen-bond acceptors (Lipinski definition) is 4. The van der Waals surface area contributed by atoms with Gasteiger partial charge in [0.25, 0.3) is 0 Å². The zero-order valence-corrected chi connectivity index (χ0v) is 3.05. The van der Waals surface area contributed by atoms with Gasteiger partial charge in [-0.25, -0.2) is 0 Å². The molecule has 0 atom stereocenters. The monoisotopic (exact) mass is 108 g/mol. The summed E-state index contributed by atoms with van der Waals surface area (Å²) in [5.41, 5.74) is 8.31. The Bertz CT molecular complexity index is 64.7. The molecule has 0 rings (SSSR count). The third kappa shape index (κ3) is 405. The topological polar surface area (TPSA) is 99.6 Å². The Labute approximate surface area is 64.0 Å². The first kappa shape index (κ1) is 16.0. The van der Waals surface area contributed by atoms with Crippen molar-refractivity contribution >= 4 is 29.6 Å². The Morgan fingerprint density at radius 1 is 1.00 bits per heavy atom. The van der Waals surface area contributed by atoms with Crippen LogP contribution in [0.15, 0.2) is 0 Å². The van der Waals surface area contributed by atoms with Crippen LogP contribution in [0.5, 0.6) is 0 Å². The summed E-state index contributed by atoms with van der Waals surface area (Å²) >= 11 is 0. The summed E-state index contributed by atoms with van der Waals surface area (Å²) in [5.74, 6) is 0. The zero-order chi connectivity index (χ0) is 5.41. The predicted octanol–water partition coefficient (Wildman–Crippen LogP) is -1.80. The molecule has 0 aromatic rings. The molecule has 0 aromatic heterocycles. The van der Waals surface area contributed by atoms with Gasteiger partial charge < -0.3 is 11.5 Å². The van der Waals surface area contributed by atoms with E-state index in [1.165, 1.54) is 12.4 Å². The molecule has 0 aliphatic carbocycles. The summed E-state index contributed by atoms with van der Waals surface area (Å²) in [5, 5.41) is 14.2. The predicted molar refractivity (Wildman–Crippen MR) is 26.7 cm³/mol. The number of nitrogens with zero attached hydrogens (tertiary/aromatic N) is 2. The number of nitrogens with two attached hydrogens (primary N) is 2. The van der Waals surface area contributed by atoms with Crippen LogP contribution in [0.25, 0.3) is 0 Å². The molecule has 0 fully saturated rings. The van der Waals surface area contributed by atoms with E-state index in [1.54, 1.807) is 0 Å². The molecule has 7 heavy (non-hydrogen) atoms. The van der Waals surface area contributed by atoms with Crippen molar-refractivity contribution in [1.82, 2.24) is 0 Å². The maximum atomic E-state index is 7.10. The first-order valence-electron chi connectivity index (χ1n) is 1.02. The van der Waals surface area contributed by atoms with Crippen LogP contribution in [0.4, 0.5) is 0 Å². The molecular formula is C2H5N4Na. The normalized spacial score (nSPS) is 2.00. The van der Waals surface area contributed by atoms with Gasteiger partial charge in [-0.05, 0) is 0 Å². The molecule has 0 aliphatic heterocycles. The molecule has 0 aromatic carbocycles. The van der Waals surface area contributed by atoms with Gasteiger partial charge in [-0.3, -0.25) is 0 Å². The van der Waals surface area contributed by atoms with Crippen LogP contribution in [0, 0.1) is 22.9 Å². The minimum atomic E-state index is 0. The van der Waals surface area contributed by atoms with E-state index in [2.05, 4.69) is 11.5 Å². The van der Waals surface area contributed by atoms with E-state index >= 15 is 0 Å². The van der Waals surface area contributed by atoms with Gasteiger partial charge in [-0.2, -0.15) is 10.5 Å². The fourth-order valence-corrected chi connectivity index (χ4v) is 0. The van der Waals surface area contributed by atoms with Crippen molar-refractivity contribution in [3.05, 3.63) is 0 Å². The second-order valence-electron chi connectivity index (χ2n) is 0.258. The molecule has 4 nitrogen and oxygen atoms in total. The SMILES string of the molecule is N#CN.N#CN.[NaH]. The summed E-state index contributed by atoms with van der Waals surface area (Å²) in [6.45, 7) is 0. The van der Waals surface area contributed by atoms with Crippen molar-refractivity contribution in [1.29, 1.82) is 10.5 Å². The third-order valence-corrected chi connectivity index (χ3v) is 0. The molecule has 0 amide bonds. The Hall–Kier alpha value is -0.420. The summed E-state index contributed by atoms with van der Waals surface area (Å²) in [6.07, 6.45) is 2.50. The molecule has 5 heteroatoms. The van der Waals surface area contributed by atoms with E-state index in [4.69, 9.17) is 10.5 Å². The van der Waals surface area contributed by atoms with Gasteiger partial charge in [0.2, 0.25) is 0 Å². The molecule has 0 bridgehead atoms. The molecule has 0 unspecified atom stereocenters. The second-order valence-corrected chi connectivity index (χ2v) is 0.258. The van der Waals surface area contributed by atoms with Crippen LogP contribution in [-0.2, 0) is 0 Å². The van der Waals surface area contributed by atoms with Gasteiger partial charge in [-0.1, -0.05) is 0 Å². The van der Waals surface area contributed by atoms with Gasteiger partial charge in [0.15, 0.2) is 12.4 Å². The molecule has 0 radical (unpaired) electrons. The quantitative estimate of drug-likeness (QED) is 0.217. The first-order chi connectivity index (χ1) is 2.83. The maximum absolute atomic E-state index is 7.10. The van der Waals surface area contributed by atoms with Gasteiger partial charge >= 0.3 is 29.6 Å². The standard InChI is InChI=1S/2CH2N2.Na.H/c2*2-1-3;;/h2*2H2;;. The van der Waals surface area contributed by atoms with Gasteiger partial charge in [0.1, 0.15) is 0 Å². The van der Waals surface area contributed by atoms with E-state index < -0.39 is 0 Å². The average Bonchev–Trinajstić information content (AvgIpc) is 1.39. The van der Waals surface area contributed by atoms with Crippen LogP contribution < -0.4 is 11.5 Å². The van der Waals surface area contributed by atoms with Gasteiger partial charge in [-0.15, -0.1) is 0 Å². The zero-order valence-electron chi connectivity index (χ0n) is 3.05. The van der Waals surface area contributed by atoms with E-state index in [0.717, 1.165) is 0 Å². The number of rotatable bonds is 0. The Morgan fingerprint density at radius 3 is 1.00 bits per heavy atom. The average molecular weight is 108 g/mol. The van der Waals surface area contributed by atoms with Crippen molar-refractivity contribution in [2.45, 2.75) is 0 Å². The summed E-state index contributed by atoms with van der Waals surface area (Å²) < 4.78 is 0. The first-order valence-corrected chi connectivity index (χ1v) is 1.02. The van der Waals surface area contributed by atoms with Crippen LogP contribution in [-0.4, -0.2) is 29.6 Å². The number of hydrogen-bond donors (Lipinski definition) is 2. The minimum absolute atomic E-state index is 0. The molecule has 0 aliphatic rings. The van der Waals surface area contributed by atoms with Crippen LogP contribution in [0.3, 0.4) is 0 Å². The Morgan fingerprint density at radius 2 is 1.00 bits per heavy atom. The molecule has 0 heterocycles. The molecular weight excluding hydrogens is 103 g/mol. The van der Waals surface area contributed by atoms with Crippen molar-refractivity contribution in [2.75, 3.05) is 0 Å². The Kier molecular flexibility index (Phi) is 107. The van der Waals surface area contributed by atoms with Gasteiger partial charge in [0, 0.05) is 0 Å². The van der Waals surface area contributed by atoms with Crippen LogP contribution >= 0.6 is 0 Å². The fraction of sp³-hybridized carbons (Fsp3) is 0. The summed E-state index contributed by atoms with van der Waals surface area (Å²) in [7, 11) is 0. The van der Waals surface area contributed by atoms with Gasteiger partial charge in [0.05, 0.1) is 0 Å². The summed E-state index contributed by atoms with van der Waals surface area (Å²) in [4.78, 5) is 0. The van der Waals surface area contributed by atoms with E-state index in [-0.39, 0.29) is 29.6 Å². The molecule has 0 saturated heterocycles. The molecule has 4 N–H and O–H groups in total. The Balaban J connectivity index is -0.0000000400. The van der Waals surface area contributed by atoms with E-state index in [0.29, 0.717) is 0 Å². The second kappa shape index (κ2) is 46.9. The molecule has 34 valence electrons. The van der Waals surface area contributed by atoms with Crippen LogP contribution in [0.1, 0.15) is 0 Å². The van der Waals surface area contributed by atoms with Crippen LogP contribution in [0.2, 0.25) is 0 Å². The molecule has 0 spiro atoms.